The molecule has 0 N–H and O–H groups in total. The zero-order valence-electron chi connectivity index (χ0n) is 15.3. The second-order valence-corrected chi connectivity index (χ2v) is 7.48. The number of rotatable bonds is 2. The van der Waals surface area contributed by atoms with Gasteiger partial charge in [-0.3, -0.25) is 14.4 Å². The van der Waals surface area contributed by atoms with Crippen molar-refractivity contribution in [2.45, 2.75) is 6.92 Å². The molecule has 0 atom stereocenters. The summed E-state index contributed by atoms with van der Waals surface area (Å²) in [7, 11) is 0. The van der Waals surface area contributed by atoms with Crippen LogP contribution >= 0.6 is 11.3 Å². The fourth-order valence-corrected chi connectivity index (χ4v) is 4.55. The fourth-order valence-electron chi connectivity index (χ4n) is 3.55. The van der Waals surface area contributed by atoms with Crippen molar-refractivity contribution in [2.24, 2.45) is 0 Å². The van der Waals surface area contributed by atoms with Gasteiger partial charge in [0, 0.05) is 17.7 Å². The number of fused-ring (bicyclic) bond motifs is 2. The van der Waals surface area contributed by atoms with Gasteiger partial charge in [0.15, 0.2) is 5.69 Å². The lowest BCUT2D eigenvalue weighted by atomic mass is 10.1. The largest absolute Gasteiger partial charge is 0.308 e. The number of likely N-dealkylation sites (N-methyl/N-ethyl adjacent to an activating group) is 1. The number of amides is 1. The lowest BCUT2D eigenvalue weighted by Gasteiger charge is -2.13. The number of para-hydroxylation sites is 1. The van der Waals surface area contributed by atoms with E-state index in [1.165, 1.54) is 0 Å². The van der Waals surface area contributed by atoms with Gasteiger partial charge in [0.1, 0.15) is 4.53 Å². The molecule has 8 heteroatoms. The number of benzene rings is 2. The summed E-state index contributed by atoms with van der Waals surface area (Å²) in [5, 5.41) is 4.26. The molecule has 4 aromatic rings. The maximum absolute atomic E-state index is 13.1. The number of aromatic nitrogens is 3. The van der Waals surface area contributed by atoms with Crippen LogP contribution in [-0.4, -0.2) is 27.0 Å². The molecule has 142 valence electrons. The first-order valence-corrected chi connectivity index (χ1v) is 9.86. The van der Waals surface area contributed by atoms with Gasteiger partial charge in [-0.1, -0.05) is 59.9 Å². The maximum atomic E-state index is 13.1. The van der Waals surface area contributed by atoms with Gasteiger partial charge in [-0.05, 0) is 13.0 Å². The second-order valence-electron chi connectivity index (χ2n) is 6.50. The van der Waals surface area contributed by atoms with E-state index in [0.29, 0.717) is 23.2 Å². The number of carbonyl (C=O) groups is 1. The van der Waals surface area contributed by atoms with Crippen LogP contribution in [0.3, 0.4) is 0 Å². The Balaban J connectivity index is 1.84. The summed E-state index contributed by atoms with van der Waals surface area (Å²) in [6.45, 7) is 2.37. The SMILES string of the molecule is CCN1C(=O)C(=c2sc3nc(=O)c(-c4ccccc4)nn3c2=O)c2ccccc21. The van der Waals surface area contributed by atoms with E-state index in [-0.39, 0.29) is 21.1 Å². The maximum Gasteiger partial charge on any atom is 0.300 e. The molecule has 1 aliphatic rings. The van der Waals surface area contributed by atoms with Crippen molar-refractivity contribution in [3.05, 3.63) is 85.4 Å². The Morgan fingerprint density at radius 1 is 0.966 bits per heavy atom. The Morgan fingerprint density at radius 3 is 2.45 bits per heavy atom. The van der Waals surface area contributed by atoms with E-state index in [1.807, 2.05) is 37.3 Å². The molecule has 0 spiro atoms. The number of anilines is 1. The highest BCUT2D eigenvalue weighted by molar-refractivity contribution is 7.15. The van der Waals surface area contributed by atoms with E-state index in [4.69, 9.17) is 0 Å². The van der Waals surface area contributed by atoms with E-state index in [0.717, 1.165) is 21.5 Å². The van der Waals surface area contributed by atoms with Gasteiger partial charge in [0.2, 0.25) is 4.96 Å². The summed E-state index contributed by atoms with van der Waals surface area (Å²) in [5.74, 6) is -0.233. The molecule has 2 aromatic carbocycles. The molecule has 1 amide bonds. The number of hydrogen-bond donors (Lipinski definition) is 0. The molecule has 2 aromatic heterocycles. The van der Waals surface area contributed by atoms with Crippen molar-refractivity contribution in [2.75, 3.05) is 11.4 Å². The minimum Gasteiger partial charge on any atom is -0.308 e. The van der Waals surface area contributed by atoms with Gasteiger partial charge in [0.25, 0.3) is 11.5 Å². The Morgan fingerprint density at radius 2 is 1.69 bits per heavy atom. The summed E-state index contributed by atoms with van der Waals surface area (Å²) in [6.07, 6.45) is 0. The molecule has 7 nitrogen and oxygen atoms in total. The Kier molecular flexibility index (Phi) is 3.88. The molecule has 0 aliphatic carbocycles. The molecule has 3 heterocycles. The Bertz CT molecular complexity index is 1460. The standard InChI is InChI=1S/C21H14N4O3S/c1-2-24-14-11-7-6-10-13(14)15(19(24)27)17-20(28)25-21(29-17)22-18(26)16(23-25)12-8-4-3-5-9-12/h3-11H,2H2,1H3. The lowest BCUT2D eigenvalue weighted by Crippen LogP contribution is -2.33. The van der Waals surface area contributed by atoms with Crippen molar-refractivity contribution >= 4 is 33.5 Å². The van der Waals surface area contributed by atoms with E-state index >= 15 is 0 Å². The molecule has 0 fully saturated rings. The molecule has 0 saturated heterocycles. The Hall–Kier alpha value is -3.65. The topological polar surface area (TPSA) is 84.6 Å². The first-order chi connectivity index (χ1) is 14.1. The molecule has 0 bridgehead atoms. The average Bonchev–Trinajstić information content (AvgIpc) is 3.20. The van der Waals surface area contributed by atoms with Crippen molar-refractivity contribution in [3.63, 3.8) is 0 Å². The van der Waals surface area contributed by atoms with Gasteiger partial charge in [-0.15, -0.1) is 0 Å². The predicted molar refractivity (Wildman–Crippen MR) is 111 cm³/mol. The van der Waals surface area contributed by atoms with Crippen molar-refractivity contribution < 1.29 is 4.79 Å². The second kappa shape index (κ2) is 6.46. The van der Waals surface area contributed by atoms with E-state index in [1.54, 1.807) is 29.2 Å². The van der Waals surface area contributed by atoms with Crippen LogP contribution in [-0.2, 0) is 4.79 Å². The van der Waals surface area contributed by atoms with Crippen LogP contribution in [0.25, 0.3) is 21.8 Å². The van der Waals surface area contributed by atoms with Crippen LogP contribution in [0.1, 0.15) is 12.5 Å². The Labute approximate surface area is 168 Å². The van der Waals surface area contributed by atoms with Gasteiger partial charge in [0.05, 0.1) is 11.3 Å². The van der Waals surface area contributed by atoms with Crippen LogP contribution in [0.15, 0.2) is 64.2 Å². The van der Waals surface area contributed by atoms with Crippen LogP contribution in [0.5, 0.6) is 0 Å². The van der Waals surface area contributed by atoms with Crippen molar-refractivity contribution in [1.29, 1.82) is 0 Å². The molecule has 0 unspecified atom stereocenters. The average molecular weight is 402 g/mol. The highest BCUT2D eigenvalue weighted by Gasteiger charge is 2.33. The van der Waals surface area contributed by atoms with Gasteiger partial charge in [-0.2, -0.15) is 14.6 Å². The summed E-state index contributed by atoms with van der Waals surface area (Å²) in [6, 6.07) is 16.2. The summed E-state index contributed by atoms with van der Waals surface area (Å²) >= 11 is 1.01. The van der Waals surface area contributed by atoms with Crippen molar-refractivity contribution in [3.8, 4) is 11.3 Å². The summed E-state index contributed by atoms with van der Waals surface area (Å²) in [4.78, 5) is 44.5. The van der Waals surface area contributed by atoms with Crippen LogP contribution in [0.4, 0.5) is 5.69 Å². The minimum atomic E-state index is -0.512. The molecule has 29 heavy (non-hydrogen) atoms. The summed E-state index contributed by atoms with van der Waals surface area (Å²) in [5.41, 5.74) is 1.52. The van der Waals surface area contributed by atoms with E-state index in [2.05, 4.69) is 10.1 Å². The van der Waals surface area contributed by atoms with E-state index in [9.17, 15) is 14.4 Å². The summed E-state index contributed by atoms with van der Waals surface area (Å²) < 4.78 is 1.35. The molecular formula is C21H14N4O3S. The van der Waals surface area contributed by atoms with Crippen LogP contribution in [0, 0.1) is 0 Å². The normalized spacial score (nSPS) is 15.2. The highest BCUT2D eigenvalue weighted by atomic mass is 32.1. The molecule has 0 radical (unpaired) electrons. The zero-order chi connectivity index (χ0) is 20.1. The molecular weight excluding hydrogens is 388 g/mol. The fraction of sp³-hybridized carbons (Fsp3) is 0.0952. The van der Waals surface area contributed by atoms with Gasteiger partial charge < -0.3 is 4.90 Å². The number of carbonyl (C=O) groups excluding carboxylic acids is 1. The predicted octanol–water partition coefficient (Wildman–Crippen LogP) is 1.46. The molecule has 1 aliphatic heterocycles. The van der Waals surface area contributed by atoms with Crippen LogP contribution < -0.4 is 20.6 Å². The third-order valence-electron chi connectivity index (χ3n) is 4.87. The smallest absolute Gasteiger partial charge is 0.300 e. The zero-order valence-corrected chi connectivity index (χ0v) is 16.1. The number of thiazole rings is 1. The van der Waals surface area contributed by atoms with Gasteiger partial charge >= 0.3 is 5.56 Å². The molecule has 0 saturated carbocycles. The first kappa shape index (κ1) is 17.4. The third kappa shape index (κ3) is 2.53. The minimum absolute atomic E-state index is 0.0999. The lowest BCUT2D eigenvalue weighted by molar-refractivity contribution is -0.113. The number of hydrogen-bond acceptors (Lipinski definition) is 6. The van der Waals surface area contributed by atoms with Gasteiger partial charge in [-0.25, -0.2) is 0 Å². The van der Waals surface area contributed by atoms with E-state index < -0.39 is 11.1 Å². The highest BCUT2D eigenvalue weighted by Crippen LogP contribution is 2.34. The number of nitrogens with zero attached hydrogens (tertiary/aromatic N) is 4. The third-order valence-corrected chi connectivity index (χ3v) is 5.90. The van der Waals surface area contributed by atoms with Crippen molar-refractivity contribution in [1.82, 2.24) is 14.6 Å². The monoisotopic (exact) mass is 402 g/mol. The first-order valence-electron chi connectivity index (χ1n) is 9.05. The molecule has 5 rings (SSSR count). The van der Waals surface area contributed by atoms with Crippen LogP contribution in [0.2, 0.25) is 0 Å². The quantitative estimate of drug-likeness (QED) is 0.507.